The van der Waals surface area contributed by atoms with Crippen molar-refractivity contribution in [1.82, 2.24) is 20.4 Å². The molecule has 1 N–H and O–H groups in total. The van der Waals surface area contributed by atoms with Crippen molar-refractivity contribution in [3.05, 3.63) is 39.7 Å². The maximum Gasteiger partial charge on any atom is 0.277 e. The number of carbonyl (C=O) groups excluding carboxylic acids is 2. The van der Waals surface area contributed by atoms with Crippen LogP contribution < -0.4 is 5.32 Å². The van der Waals surface area contributed by atoms with Gasteiger partial charge in [0.2, 0.25) is 17.7 Å². The van der Waals surface area contributed by atoms with E-state index in [4.69, 9.17) is 27.6 Å². The van der Waals surface area contributed by atoms with Gasteiger partial charge in [-0.25, -0.2) is 0 Å². The van der Waals surface area contributed by atoms with E-state index in [0.717, 1.165) is 12.0 Å². The normalized spacial score (nSPS) is 16.3. The predicted octanol–water partition coefficient (Wildman–Crippen LogP) is 3.86. The number of hydrogen-bond donors (Lipinski definition) is 1. The Balaban J connectivity index is 1.54. The molecule has 1 aliphatic heterocycles. The number of amides is 2. The lowest BCUT2D eigenvalue weighted by Crippen LogP contribution is -2.33. The van der Waals surface area contributed by atoms with Crippen molar-refractivity contribution in [1.29, 1.82) is 0 Å². The minimum atomic E-state index is -0.449. The number of benzene rings is 1. The third-order valence-electron chi connectivity index (χ3n) is 4.38. The van der Waals surface area contributed by atoms with Crippen molar-refractivity contribution >= 4 is 46.8 Å². The van der Waals surface area contributed by atoms with Gasteiger partial charge in [-0.2, -0.15) is 0 Å². The van der Waals surface area contributed by atoms with Crippen LogP contribution in [-0.2, 0) is 16.1 Å². The molecule has 1 aromatic carbocycles. The summed E-state index contributed by atoms with van der Waals surface area (Å²) in [6.45, 7) is 4.61. The molecule has 2 atom stereocenters. The van der Waals surface area contributed by atoms with E-state index >= 15 is 0 Å². The zero-order chi connectivity index (χ0) is 20.3. The van der Waals surface area contributed by atoms with Crippen LogP contribution in [0, 0.1) is 0 Å². The van der Waals surface area contributed by atoms with Crippen LogP contribution >= 0.6 is 35.0 Å². The molecule has 1 aromatic heterocycles. The summed E-state index contributed by atoms with van der Waals surface area (Å²) in [4.78, 5) is 25.9. The van der Waals surface area contributed by atoms with E-state index in [2.05, 4.69) is 15.5 Å². The number of nitrogens with one attached hydrogen (secondary N) is 1. The van der Waals surface area contributed by atoms with Crippen LogP contribution in [0.5, 0.6) is 0 Å². The summed E-state index contributed by atoms with van der Waals surface area (Å²) in [5.41, 5.74) is 0.784. The van der Waals surface area contributed by atoms with E-state index < -0.39 is 5.25 Å². The third-order valence-corrected chi connectivity index (χ3v) is 5.88. The first-order valence-corrected chi connectivity index (χ1v) is 10.5. The Bertz CT molecular complexity index is 876. The molecule has 10 heteroatoms. The second-order valence-electron chi connectivity index (χ2n) is 6.54. The lowest BCUT2D eigenvalue weighted by molar-refractivity contribution is -0.128. The number of thioether (sulfide) groups is 1. The van der Waals surface area contributed by atoms with E-state index in [1.165, 1.54) is 11.8 Å². The van der Waals surface area contributed by atoms with Crippen LogP contribution in [0.4, 0.5) is 0 Å². The fourth-order valence-electron chi connectivity index (χ4n) is 2.85. The fourth-order valence-corrected chi connectivity index (χ4v) is 4.13. The molecule has 1 fully saturated rings. The van der Waals surface area contributed by atoms with Gasteiger partial charge in [-0.1, -0.05) is 41.0 Å². The highest BCUT2D eigenvalue weighted by molar-refractivity contribution is 8.00. The second kappa shape index (κ2) is 9.15. The molecule has 1 saturated heterocycles. The standard InChI is InChI=1S/C18H20Cl2N4O3S/c1-10(13-6-5-12(19)8-14(13)20)21-17(26)11(2)28-18-23-22-15(27-18)9-24-7-3-4-16(24)25/h5-6,8,10-11H,3-4,7,9H2,1-2H3,(H,21,26). The first-order valence-electron chi connectivity index (χ1n) is 8.85. The molecule has 0 spiro atoms. The Morgan fingerprint density at radius 3 is 2.82 bits per heavy atom. The van der Waals surface area contributed by atoms with E-state index in [1.807, 2.05) is 6.92 Å². The largest absolute Gasteiger partial charge is 0.414 e. The molecule has 3 rings (SSSR count). The van der Waals surface area contributed by atoms with Crippen LogP contribution in [0.25, 0.3) is 0 Å². The van der Waals surface area contributed by atoms with E-state index in [1.54, 1.807) is 30.0 Å². The first-order chi connectivity index (χ1) is 13.3. The van der Waals surface area contributed by atoms with Crippen molar-refractivity contribution in [2.45, 2.75) is 49.7 Å². The average Bonchev–Trinajstić information content (AvgIpc) is 3.24. The molecule has 2 aromatic rings. The molecule has 2 heterocycles. The van der Waals surface area contributed by atoms with Crippen molar-refractivity contribution in [2.24, 2.45) is 0 Å². The molecule has 1 aliphatic rings. The number of likely N-dealkylation sites (tertiary alicyclic amines) is 1. The summed E-state index contributed by atoms with van der Waals surface area (Å²) in [7, 11) is 0. The number of nitrogens with zero attached hydrogens (tertiary/aromatic N) is 3. The van der Waals surface area contributed by atoms with Gasteiger partial charge in [-0.05, 0) is 38.0 Å². The molecule has 0 saturated carbocycles. The molecule has 2 unspecified atom stereocenters. The van der Waals surface area contributed by atoms with Crippen LogP contribution in [0.3, 0.4) is 0 Å². The molecule has 0 radical (unpaired) electrons. The third kappa shape index (κ3) is 5.18. The number of halogens is 2. The topological polar surface area (TPSA) is 88.3 Å². The SMILES string of the molecule is CC(Sc1nnc(CN2CCCC2=O)o1)C(=O)NC(C)c1ccc(Cl)cc1Cl. The van der Waals surface area contributed by atoms with Crippen LogP contribution in [0.1, 0.15) is 44.2 Å². The summed E-state index contributed by atoms with van der Waals surface area (Å²) in [5, 5.41) is 11.7. The fraction of sp³-hybridized carbons (Fsp3) is 0.444. The molecule has 0 aliphatic carbocycles. The minimum Gasteiger partial charge on any atom is -0.414 e. The van der Waals surface area contributed by atoms with Gasteiger partial charge in [-0.15, -0.1) is 10.2 Å². The second-order valence-corrected chi connectivity index (χ2v) is 8.67. The molecule has 28 heavy (non-hydrogen) atoms. The monoisotopic (exact) mass is 442 g/mol. The van der Waals surface area contributed by atoms with Gasteiger partial charge in [-0.3, -0.25) is 9.59 Å². The van der Waals surface area contributed by atoms with E-state index in [9.17, 15) is 9.59 Å². The Hall–Kier alpha value is -1.77. The van der Waals surface area contributed by atoms with Crippen molar-refractivity contribution in [2.75, 3.05) is 6.54 Å². The number of rotatable bonds is 7. The Kier molecular flexibility index (Phi) is 6.85. The lowest BCUT2D eigenvalue weighted by Gasteiger charge is -2.18. The van der Waals surface area contributed by atoms with Crippen LogP contribution in [0.2, 0.25) is 10.0 Å². The van der Waals surface area contributed by atoms with Gasteiger partial charge in [0.25, 0.3) is 5.22 Å². The highest BCUT2D eigenvalue weighted by atomic mass is 35.5. The number of carbonyl (C=O) groups is 2. The quantitative estimate of drug-likeness (QED) is 0.654. The highest BCUT2D eigenvalue weighted by Gasteiger charge is 2.24. The molecule has 0 bridgehead atoms. The van der Waals surface area contributed by atoms with Crippen molar-refractivity contribution in [3.8, 4) is 0 Å². The van der Waals surface area contributed by atoms with Gasteiger partial charge in [0, 0.05) is 23.0 Å². The van der Waals surface area contributed by atoms with Gasteiger partial charge in [0.15, 0.2) is 0 Å². The summed E-state index contributed by atoms with van der Waals surface area (Å²) in [6.07, 6.45) is 1.41. The van der Waals surface area contributed by atoms with Gasteiger partial charge < -0.3 is 14.6 Å². The maximum absolute atomic E-state index is 12.5. The van der Waals surface area contributed by atoms with Crippen molar-refractivity contribution in [3.63, 3.8) is 0 Å². The predicted molar refractivity (Wildman–Crippen MR) is 107 cm³/mol. The molecular formula is C18H20Cl2N4O3S. The summed E-state index contributed by atoms with van der Waals surface area (Å²) >= 11 is 13.3. The molecule has 7 nitrogen and oxygen atoms in total. The number of hydrogen-bond acceptors (Lipinski definition) is 6. The highest BCUT2D eigenvalue weighted by Crippen LogP contribution is 2.27. The molecule has 150 valence electrons. The Labute approximate surface area is 177 Å². The zero-order valence-corrected chi connectivity index (χ0v) is 17.8. The van der Waals surface area contributed by atoms with Gasteiger partial charge >= 0.3 is 0 Å². The zero-order valence-electron chi connectivity index (χ0n) is 15.4. The van der Waals surface area contributed by atoms with Gasteiger partial charge in [0.1, 0.15) is 0 Å². The van der Waals surface area contributed by atoms with Gasteiger partial charge in [0.05, 0.1) is 17.8 Å². The van der Waals surface area contributed by atoms with E-state index in [-0.39, 0.29) is 17.9 Å². The molecular weight excluding hydrogens is 423 g/mol. The summed E-state index contributed by atoms with van der Waals surface area (Å²) in [6, 6.07) is 4.89. The van der Waals surface area contributed by atoms with Crippen LogP contribution in [-0.4, -0.2) is 38.7 Å². The molecule has 2 amide bonds. The average molecular weight is 443 g/mol. The smallest absolute Gasteiger partial charge is 0.277 e. The van der Waals surface area contributed by atoms with Crippen molar-refractivity contribution < 1.29 is 14.0 Å². The Morgan fingerprint density at radius 1 is 1.36 bits per heavy atom. The first kappa shape index (κ1) is 21.0. The lowest BCUT2D eigenvalue weighted by atomic mass is 10.1. The maximum atomic E-state index is 12.5. The Morgan fingerprint density at radius 2 is 2.14 bits per heavy atom. The summed E-state index contributed by atoms with van der Waals surface area (Å²) < 4.78 is 5.57. The van der Waals surface area contributed by atoms with E-state index in [0.29, 0.717) is 40.7 Å². The van der Waals surface area contributed by atoms with Crippen LogP contribution in [0.15, 0.2) is 27.8 Å². The number of aromatic nitrogens is 2. The summed E-state index contributed by atoms with van der Waals surface area (Å²) in [5.74, 6) is 0.277. The minimum absolute atomic E-state index is 0.0926.